The van der Waals surface area contributed by atoms with E-state index in [-0.39, 0.29) is 0 Å². The Labute approximate surface area is 97.1 Å². The van der Waals surface area contributed by atoms with Gasteiger partial charge in [0.15, 0.2) is 0 Å². The highest BCUT2D eigenvalue weighted by Crippen LogP contribution is 1.93. The van der Waals surface area contributed by atoms with E-state index < -0.39 is 6.09 Å². The van der Waals surface area contributed by atoms with Gasteiger partial charge in [0, 0.05) is 18.6 Å². The monoisotopic (exact) mass is 227 g/mol. The lowest BCUT2D eigenvalue weighted by Gasteiger charge is -2.13. The Hall–Kier alpha value is -1.36. The molecule has 0 radical (unpaired) electrons. The average Bonchev–Trinajstić information content (AvgIpc) is 2.33. The Kier molecular flexibility index (Phi) is 8.15. The number of amides is 1. The first-order chi connectivity index (χ1) is 7.65. The van der Waals surface area contributed by atoms with Gasteiger partial charge in [0.25, 0.3) is 0 Å². The second kappa shape index (κ2) is 8.91. The molecule has 5 nitrogen and oxygen atoms in total. The van der Waals surface area contributed by atoms with Gasteiger partial charge in [-0.25, -0.2) is 4.79 Å². The van der Waals surface area contributed by atoms with Crippen molar-refractivity contribution in [2.45, 2.75) is 20.8 Å². The van der Waals surface area contributed by atoms with Gasteiger partial charge in [-0.1, -0.05) is 20.8 Å². The molecule has 0 fully saturated rings. The van der Waals surface area contributed by atoms with Crippen molar-refractivity contribution < 1.29 is 9.90 Å². The Morgan fingerprint density at radius 2 is 1.94 bits per heavy atom. The zero-order valence-electron chi connectivity index (χ0n) is 10.3. The molecule has 0 aromatic rings. The standard InChI is InChI=1S/C6H15N.C5H6N2O2/c1-4-7(5-2)6-3;8-5(9)7-3-1-6-2-4-7/h4-6H2,1-3H3;1-3H,4H2,(H,8,9). The maximum Gasteiger partial charge on any atom is 0.411 e. The average molecular weight is 227 g/mol. The van der Waals surface area contributed by atoms with Crippen LogP contribution in [-0.2, 0) is 0 Å². The third-order valence-electron chi connectivity index (χ3n) is 2.30. The summed E-state index contributed by atoms with van der Waals surface area (Å²) in [5, 5.41) is 8.35. The van der Waals surface area contributed by atoms with Crippen LogP contribution in [0, 0.1) is 0 Å². The van der Waals surface area contributed by atoms with E-state index in [2.05, 4.69) is 30.7 Å². The van der Waals surface area contributed by atoms with E-state index in [9.17, 15) is 4.79 Å². The number of nitrogens with zero attached hydrogens (tertiary/aromatic N) is 3. The van der Waals surface area contributed by atoms with Crippen LogP contribution in [-0.4, -0.2) is 53.4 Å². The van der Waals surface area contributed by atoms with Gasteiger partial charge in [-0.15, -0.1) is 0 Å². The molecule has 1 N–H and O–H groups in total. The molecule has 1 rings (SSSR count). The van der Waals surface area contributed by atoms with E-state index in [0.29, 0.717) is 6.54 Å². The van der Waals surface area contributed by atoms with Crippen molar-refractivity contribution in [2.75, 3.05) is 26.2 Å². The van der Waals surface area contributed by atoms with Crippen LogP contribution in [0.2, 0.25) is 0 Å². The summed E-state index contributed by atoms with van der Waals surface area (Å²) in [5.74, 6) is 0. The minimum Gasteiger partial charge on any atom is -0.465 e. The Bertz CT molecular complexity index is 242. The largest absolute Gasteiger partial charge is 0.465 e. The van der Waals surface area contributed by atoms with E-state index in [1.54, 1.807) is 0 Å². The lowest BCUT2D eigenvalue weighted by atomic mass is 10.5. The summed E-state index contributed by atoms with van der Waals surface area (Å²) in [4.78, 5) is 17.4. The smallest absolute Gasteiger partial charge is 0.411 e. The second-order valence-corrected chi connectivity index (χ2v) is 3.18. The molecule has 1 aliphatic rings. The van der Waals surface area contributed by atoms with Crippen molar-refractivity contribution in [1.82, 2.24) is 9.80 Å². The first kappa shape index (κ1) is 14.6. The maximum atomic E-state index is 10.2. The van der Waals surface area contributed by atoms with Gasteiger partial charge in [0.1, 0.15) is 0 Å². The molecule has 0 spiro atoms. The highest BCUT2D eigenvalue weighted by atomic mass is 16.4. The van der Waals surface area contributed by atoms with Gasteiger partial charge >= 0.3 is 6.09 Å². The molecular formula is C11H21N3O2. The fourth-order valence-electron chi connectivity index (χ4n) is 1.19. The van der Waals surface area contributed by atoms with Gasteiger partial charge in [0.05, 0.1) is 6.54 Å². The molecule has 92 valence electrons. The summed E-state index contributed by atoms with van der Waals surface area (Å²) in [5.41, 5.74) is 0. The summed E-state index contributed by atoms with van der Waals surface area (Å²) in [7, 11) is 0. The minimum atomic E-state index is -0.947. The molecule has 1 amide bonds. The van der Waals surface area contributed by atoms with Crippen LogP contribution in [0.3, 0.4) is 0 Å². The third-order valence-corrected chi connectivity index (χ3v) is 2.30. The van der Waals surface area contributed by atoms with Crippen LogP contribution >= 0.6 is 0 Å². The lowest BCUT2D eigenvalue weighted by Crippen LogP contribution is -2.26. The van der Waals surface area contributed by atoms with E-state index in [1.807, 2.05) is 0 Å². The van der Waals surface area contributed by atoms with Crippen molar-refractivity contribution in [3.63, 3.8) is 0 Å². The van der Waals surface area contributed by atoms with Gasteiger partial charge in [-0.2, -0.15) is 0 Å². The molecule has 5 heteroatoms. The molecule has 0 aliphatic carbocycles. The number of rotatable bonds is 3. The zero-order valence-corrected chi connectivity index (χ0v) is 10.3. The number of carboxylic acid groups (broad SMARTS) is 1. The predicted molar refractivity (Wildman–Crippen MR) is 65.8 cm³/mol. The summed E-state index contributed by atoms with van der Waals surface area (Å²) >= 11 is 0. The fraction of sp³-hybridized carbons (Fsp3) is 0.636. The SMILES string of the molecule is CCN(CC)CC.O=C(O)N1C=CN=CC1. The number of aliphatic imine (C=N–C) groups is 1. The summed E-state index contributed by atoms with van der Waals surface area (Å²) < 4.78 is 0. The van der Waals surface area contributed by atoms with Gasteiger partial charge in [-0.3, -0.25) is 9.89 Å². The van der Waals surface area contributed by atoms with Crippen LogP contribution in [0.1, 0.15) is 20.8 Å². The van der Waals surface area contributed by atoms with Crippen LogP contribution in [0.4, 0.5) is 4.79 Å². The van der Waals surface area contributed by atoms with Crippen LogP contribution in [0.5, 0.6) is 0 Å². The van der Waals surface area contributed by atoms with Crippen LogP contribution < -0.4 is 0 Å². The van der Waals surface area contributed by atoms with Gasteiger partial charge < -0.3 is 10.0 Å². The van der Waals surface area contributed by atoms with E-state index in [1.165, 1.54) is 38.2 Å². The highest BCUT2D eigenvalue weighted by Gasteiger charge is 2.06. The number of hydrogen-bond donors (Lipinski definition) is 1. The molecule has 1 aliphatic heterocycles. The van der Waals surface area contributed by atoms with E-state index >= 15 is 0 Å². The Balaban J connectivity index is 0.000000293. The van der Waals surface area contributed by atoms with Crippen molar-refractivity contribution in [3.05, 3.63) is 12.4 Å². The first-order valence-electron chi connectivity index (χ1n) is 5.55. The Morgan fingerprint density at radius 1 is 1.38 bits per heavy atom. The summed E-state index contributed by atoms with van der Waals surface area (Å²) in [6, 6.07) is 0. The number of carbonyl (C=O) groups is 1. The molecule has 1 heterocycles. The molecule has 16 heavy (non-hydrogen) atoms. The fourth-order valence-corrected chi connectivity index (χ4v) is 1.19. The van der Waals surface area contributed by atoms with Gasteiger partial charge in [-0.05, 0) is 19.6 Å². The van der Waals surface area contributed by atoms with Gasteiger partial charge in [0.2, 0.25) is 0 Å². The topological polar surface area (TPSA) is 56.1 Å². The van der Waals surface area contributed by atoms with E-state index in [0.717, 1.165) is 4.90 Å². The highest BCUT2D eigenvalue weighted by molar-refractivity contribution is 5.73. The number of hydrogen-bond acceptors (Lipinski definition) is 3. The van der Waals surface area contributed by atoms with Crippen molar-refractivity contribution in [1.29, 1.82) is 0 Å². The zero-order chi connectivity index (χ0) is 12.4. The first-order valence-corrected chi connectivity index (χ1v) is 5.55. The van der Waals surface area contributed by atoms with Crippen LogP contribution in [0.25, 0.3) is 0 Å². The molecule has 0 unspecified atom stereocenters. The quantitative estimate of drug-likeness (QED) is 0.800. The Morgan fingerprint density at radius 3 is 2.12 bits per heavy atom. The van der Waals surface area contributed by atoms with Crippen molar-refractivity contribution >= 4 is 12.3 Å². The lowest BCUT2D eigenvalue weighted by molar-refractivity contribution is 0.167. The van der Waals surface area contributed by atoms with E-state index in [4.69, 9.17) is 5.11 Å². The molecule has 0 aromatic carbocycles. The molecule has 0 saturated carbocycles. The summed E-state index contributed by atoms with van der Waals surface area (Å²) in [6.45, 7) is 10.5. The molecule has 0 atom stereocenters. The predicted octanol–water partition coefficient (Wildman–Crippen LogP) is 1.87. The molecule has 0 aromatic heterocycles. The van der Waals surface area contributed by atoms with Crippen LogP contribution in [0.15, 0.2) is 17.4 Å². The summed E-state index contributed by atoms with van der Waals surface area (Å²) in [6.07, 6.45) is 3.45. The molecular weight excluding hydrogens is 206 g/mol. The van der Waals surface area contributed by atoms with Crippen molar-refractivity contribution in [3.8, 4) is 0 Å². The second-order valence-electron chi connectivity index (χ2n) is 3.18. The van der Waals surface area contributed by atoms with Crippen molar-refractivity contribution in [2.24, 2.45) is 4.99 Å². The molecule has 0 bridgehead atoms. The molecule has 0 saturated heterocycles. The maximum absolute atomic E-state index is 10.2. The minimum absolute atomic E-state index is 0.353. The normalized spacial score (nSPS) is 13.6. The third kappa shape index (κ3) is 6.19.